The SMILES string of the molecule is C=CC(=O)N1[C@H](C)Cn2nc(-c3nc(-c4ccc5c(c4)ncn5C)c4scc(F)c4c3-c3c(F)cc(F)cc3OC[C@@H](C)O)cc2[C@@H]1C. The normalized spacial score (nSPS) is 16.8. The Morgan fingerprint density at radius 3 is 2.69 bits per heavy atom. The minimum absolute atomic E-state index is 0.0275. The summed E-state index contributed by atoms with van der Waals surface area (Å²) in [7, 11) is 1.88. The van der Waals surface area contributed by atoms with Gasteiger partial charge in [-0.3, -0.25) is 9.48 Å². The van der Waals surface area contributed by atoms with Crippen molar-refractivity contribution in [2.45, 2.75) is 45.5 Å². The van der Waals surface area contributed by atoms with Gasteiger partial charge in [0.25, 0.3) is 0 Å². The van der Waals surface area contributed by atoms with Crippen molar-refractivity contribution in [3.8, 4) is 39.5 Å². The van der Waals surface area contributed by atoms with Gasteiger partial charge in [0.2, 0.25) is 5.91 Å². The van der Waals surface area contributed by atoms with E-state index in [2.05, 4.69) is 11.6 Å². The zero-order chi connectivity index (χ0) is 34.0. The first kappa shape index (κ1) is 31.6. The van der Waals surface area contributed by atoms with Crippen LogP contribution in [0.5, 0.6) is 5.75 Å². The van der Waals surface area contributed by atoms with Crippen LogP contribution in [-0.2, 0) is 18.4 Å². The maximum absolute atomic E-state index is 16.1. The van der Waals surface area contributed by atoms with Crippen LogP contribution in [0, 0.1) is 17.5 Å². The molecule has 0 fully saturated rings. The van der Waals surface area contributed by atoms with Gasteiger partial charge >= 0.3 is 0 Å². The summed E-state index contributed by atoms with van der Waals surface area (Å²) in [6, 6.07) is 8.46. The summed E-state index contributed by atoms with van der Waals surface area (Å²) in [5.74, 6) is -2.99. The van der Waals surface area contributed by atoms with Gasteiger partial charge in [0, 0.05) is 47.1 Å². The van der Waals surface area contributed by atoms with E-state index in [1.165, 1.54) is 18.4 Å². The maximum atomic E-state index is 16.1. The second-order valence-electron chi connectivity index (χ2n) is 12.1. The van der Waals surface area contributed by atoms with Crippen LogP contribution in [0.1, 0.15) is 32.5 Å². The number of ether oxygens (including phenoxy) is 1. The number of aliphatic hydroxyl groups is 1. The third kappa shape index (κ3) is 5.13. The van der Waals surface area contributed by atoms with E-state index >= 15 is 8.78 Å². The number of carbonyl (C=O) groups excluding carboxylic acids is 1. The number of aromatic nitrogens is 5. The lowest BCUT2D eigenvalue weighted by Crippen LogP contribution is -2.46. The number of amides is 1. The second-order valence-corrected chi connectivity index (χ2v) is 12.9. The Labute approximate surface area is 277 Å². The highest BCUT2D eigenvalue weighted by atomic mass is 32.1. The molecule has 1 N–H and O–H groups in total. The van der Waals surface area contributed by atoms with Crippen LogP contribution in [0.25, 0.3) is 54.9 Å². The molecule has 0 spiro atoms. The van der Waals surface area contributed by atoms with Gasteiger partial charge in [-0.2, -0.15) is 5.10 Å². The summed E-state index contributed by atoms with van der Waals surface area (Å²) in [6.45, 7) is 9.00. The molecule has 3 atom stereocenters. The lowest BCUT2D eigenvalue weighted by Gasteiger charge is -2.38. The van der Waals surface area contributed by atoms with Crippen LogP contribution in [0.3, 0.4) is 0 Å². The molecule has 0 saturated carbocycles. The van der Waals surface area contributed by atoms with Crippen molar-refractivity contribution in [2.24, 2.45) is 7.05 Å². The van der Waals surface area contributed by atoms with Crippen molar-refractivity contribution in [2.75, 3.05) is 6.61 Å². The zero-order valence-corrected chi connectivity index (χ0v) is 27.4. The highest BCUT2D eigenvalue weighted by Crippen LogP contribution is 2.48. The first-order valence-corrected chi connectivity index (χ1v) is 16.2. The minimum Gasteiger partial charge on any atom is -0.490 e. The van der Waals surface area contributed by atoms with Gasteiger partial charge in [0.15, 0.2) is 0 Å². The van der Waals surface area contributed by atoms with E-state index in [4.69, 9.17) is 14.8 Å². The topological polar surface area (TPSA) is 98.3 Å². The third-order valence-corrected chi connectivity index (χ3v) is 9.62. The van der Waals surface area contributed by atoms with E-state index in [-0.39, 0.29) is 46.5 Å². The molecule has 0 saturated heterocycles. The van der Waals surface area contributed by atoms with Gasteiger partial charge < -0.3 is 19.3 Å². The number of fused-ring (bicyclic) bond motifs is 3. The zero-order valence-electron chi connectivity index (χ0n) is 26.5. The van der Waals surface area contributed by atoms with Crippen LogP contribution in [0.4, 0.5) is 13.2 Å². The van der Waals surface area contributed by atoms with E-state index in [1.54, 1.807) is 22.0 Å². The molecule has 7 rings (SSSR count). The smallest absolute Gasteiger partial charge is 0.246 e. The molecular formula is C35H31F3N6O3S. The Balaban J connectivity index is 1.54. The van der Waals surface area contributed by atoms with Gasteiger partial charge in [-0.15, -0.1) is 11.3 Å². The molecule has 1 aliphatic heterocycles. The number of halogens is 3. The lowest BCUT2D eigenvalue weighted by atomic mass is 9.94. The fourth-order valence-corrected chi connectivity index (χ4v) is 7.44. The van der Waals surface area contributed by atoms with Crippen molar-refractivity contribution in [1.29, 1.82) is 0 Å². The number of pyridine rings is 1. The maximum Gasteiger partial charge on any atom is 0.246 e. The molecule has 0 unspecified atom stereocenters. The van der Waals surface area contributed by atoms with Crippen LogP contribution in [0.15, 0.2) is 60.8 Å². The molecule has 0 aliphatic carbocycles. The Morgan fingerprint density at radius 2 is 1.94 bits per heavy atom. The molecule has 5 heterocycles. The number of benzene rings is 2. The van der Waals surface area contributed by atoms with Crippen molar-refractivity contribution in [3.63, 3.8) is 0 Å². The van der Waals surface area contributed by atoms with Gasteiger partial charge in [0.05, 0.1) is 57.7 Å². The predicted molar refractivity (Wildman–Crippen MR) is 178 cm³/mol. The van der Waals surface area contributed by atoms with Crippen LogP contribution >= 0.6 is 11.3 Å². The van der Waals surface area contributed by atoms with Crippen molar-refractivity contribution in [3.05, 3.63) is 83.9 Å². The fraction of sp³-hybridized carbons (Fsp3) is 0.257. The molecule has 4 aromatic heterocycles. The fourth-order valence-electron chi connectivity index (χ4n) is 6.51. The van der Waals surface area contributed by atoms with Crippen molar-refractivity contribution < 1.29 is 27.8 Å². The van der Waals surface area contributed by atoms with Crippen LogP contribution in [-0.4, -0.2) is 59.0 Å². The number of imidazole rings is 1. The molecular weight excluding hydrogens is 641 g/mol. The average molecular weight is 673 g/mol. The second kappa shape index (κ2) is 11.9. The molecule has 6 aromatic rings. The summed E-state index contributed by atoms with van der Waals surface area (Å²) in [4.78, 5) is 24.0. The number of carbonyl (C=O) groups is 1. The lowest BCUT2D eigenvalue weighted by molar-refractivity contribution is -0.131. The standard InChI is InChI=1S/C35H31F3N6O3S/c1-6-29(46)44-17(2)13-43-27(19(44)4)12-25(41-43)34-32(30-22(37)10-21(36)11-28(30)47-14-18(3)45)31-23(38)15-48-35(31)33(40-34)20-7-8-26-24(9-20)39-16-42(26)5/h6-12,15-19,45H,1,13-14H2,2-5H3/t17-,18-,19+/m1/s1. The molecule has 1 aliphatic rings. The summed E-state index contributed by atoms with van der Waals surface area (Å²) in [5.41, 5.74) is 3.60. The molecule has 2 aromatic carbocycles. The molecule has 9 nitrogen and oxygen atoms in total. The number of aryl methyl sites for hydroxylation is 1. The van der Waals surface area contributed by atoms with Gasteiger partial charge in [-0.25, -0.2) is 23.1 Å². The van der Waals surface area contributed by atoms with Gasteiger partial charge in [-0.1, -0.05) is 12.6 Å². The van der Waals surface area contributed by atoms with E-state index in [9.17, 15) is 14.3 Å². The molecule has 1 amide bonds. The molecule has 0 radical (unpaired) electrons. The van der Waals surface area contributed by atoms with E-state index in [0.717, 1.165) is 22.9 Å². The Bertz CT molecular complexity index is 2260. The number of hydrogen-bond donors (Lipinski definition) is 1. The number of aliphatic hydroxyl groups excluding tert-OH is 1. The summed E-state index contributed by atoms with van der Waals surface area (Å²) < 4.78 is 56.7. The Hall–Kier alpha value is -5.01. The van der Waals surface area contributed by atoms with Crippen LogP contribution < -0.4 is 4.74 Å². The third-order valence-electron chi connectivity index (χ3n) is 8.66. The van der Waals surface area contributed by atoms with E-state index in [1.807, 2.05) is 43.7 Å². The quantitative estimate of drug-likeness (QED) is 0.183. The molecule has 0 bridgehead atoms. The number of thiophene rings is 1. The van der Waals surface area contributed by atoms with Gasteiger partial charge in [0.1, 0.15) is 41.2 Å². The van der Waals surface area contributed by atoms with Crippen LogP contribution in [0.2, 0.25) is 0 Å². The number of rotatable bonds is 7. The van der Waals surface area contributed by atoms with Gasteiger partial charge in [-0.05, 0) is 45.0 Å². The van der Waals surface area contributed by atoms with E-state index < -0.39 is 29.6 Å². The summed E-state index contributed by atoms with van der Waals surface area (Å²) >= 11 is 1.11. The molecule has 13 heteroatoms. The molecule has 246 valence electrons. The van der Waals surface area contributed by atoms with Crippen molar-refractivity contribution in [1.82, 2.24) is 29.2 Å². The minimum atomic E-state index is -0.998. The highest BCUT2D eigenvalue weighted by molar-refractivity contribution is 7.17. The summed E-state index contributed by atoms with van der Waals surface area (Å²) in [5, 5.41) is 16.2. The Morgan fingerprint density at radius 1 is 1.15 bits per heavy atom. The Kier molecular flexibility index (Phi) is 7.83. The first-order chi connectivity index (χ1) is 23.0. The van der Waals surface area contributed by atoms with Crippen molar-refractivity contribution >= 4 is 38.4 Å². The number of nitrogens with zero attached hydrogens (tertiary/aromatic N) is 6. The first-order valence-electron chi connectivity index (χ1n) is 15.3. The largest absolute Gasteiger partial charge is 0.490 e. The highest BCUT2D eigenvalue weighted by Gasteiger charge is 2.35. The van der Waals surface area contributed by atoms with E-state index in [0.29, 0.717) is 45.5 Å². The number of hydrogen-bond acceptors (Lipinski definition) is 7. The predicted octanol–water partition coefficient (Wildman–Crippen LogP) is 7.04. The summed E-state index contributed by atoms with van der Waals surface area (Å²) in [6.07, 6.45) is 2.01. The average Bonchev–Trinajstić information content (AvgIpc) is 3.76. The molecule has 48 heavy (non-hydrogen) atoms. The monoisotopic (exact) mass is 672 g/mol.